The third-order valence-corrected chi connectivity index (χ3v) is 23.2. The molecule has 0 bridgehead atoms. The molecule has 9 aromatic carbocycles. The van der Waals surface area contributed by atoms with Crippen molar-refractivity contribution < 1.29 is 109 Å². The molecule has 0 spiro atoms. The number of carbonyl (C=O) groups excluding carboxylic acids is 2. The highest BCUT2D eigenvalue weighted by Gasteiger charge is 2.61. The van der Waals surface area contributed by atoms with Crippen molar-refractivity contribution in [3.05, 3.63) is 323 Å². The molecule has 9 aromatic rings. The molecule has 6 saturated heterocycles. The minimum absolute atomic E-state index is 0.0211. The number of fused-ring (bicyclic) bond motifs is 1. The summed E-state index contributed by atoms with van der Waals surface area (Å²) in [5, 5.41) is 3.22. The number of nitrogens with one attached hydrogen (secondary N) is 1. The first-order valence-electron chi connectivity index (χ1n) is 43.5. The Kier molecular flexibility index (Phi) is 32.5. The van der Waals surface area contributed by atoms with Crippen LogP contribution in [-0.2, 0) is 169 Å². The minimum Gasteiger partial charge on any atom is -0.454 e. The van der Waals surface area contributed by atoms with Gasteiger partial charge in [0.05, 0.1) is 97.1 Å². The third kappa shape index (κ3) is 24.7. The van der Waals surface area contributed by atoms with Crippen LogP contribution in [0, 0.1) is 0 Å². The van der Waals surface area contributed by atoms with E-state index < -0.39 is 171 Å². The van der Waals surface area contributed by atoms with E-state index in [1.807, 2.05) is 301 Å². The molecule has 0 radical (unpaired) electrons. The molecule has 6 fully saturated rings. The molecule has 6 aliphatic heterocycles. The van der Waals surface area contributed by atoms with Gasteiger partial charge in [-0.3, -0.25) is 9.59 Å². The van der Waals surface area contributed by atoms with Gasteiger partial charge in [-0.15, -0.1) is 0 Å². The number of hydrogen-bond acceptors (Lipinski definition) is 23. The van der Waals surface area contributed by atoms with E-state index in [0.717, 1.165) is 50.1 Å². The maximum absolute atomic E-state index is 14.7. The molecule has 125 heavy (non-hydrogen) atoms. The molecule has 0 aliphatic carbocycles. The van der Waals surface area contributed by atoms with Gasteiger partial charge in [0, 0.05) is 13.8 Å². The van der Waals surface area contributed by atoms with E-state index in [-0.39, 0.29) is 72.7 Å². The third-order valence-electron chi connectivity index (χ3n) is 23.2. The van der Waals surface area contributed by atoms with Gasteiger partial charge < -0.3 is 105 Å². The highest BCUT2D eigenvalue weighted by molar-refractivity contribution is 5.73. The largest absolute Gasteiger partial charge is 0.454 e. The first-order valence-corrected chi connectivity index (χ1v) is 43.5. The molecule has 1 N–H and O–H groups in total. The quantitative estimate of drug-likeness (QED) is 0.0354. The van der Waals surface area contributed by atoms with E-state index in [1.165, 1.54) is 13.8 Å². The summed E-state index contributed by atoms with van der Waals surface area (Å²) in [6, 6.07) is 87.2. The Hall–Kier alpha value is -8.88. The molecule has 24 heteroatoms. The Labute approximate surface area is 732 Å². The lowest BCUT2D eigenvalue weighted by atomic mass is 9.93. The Morgan fingerprint density at radius 1 is 0.320 bits per heavy atom. The van der Waals surface area contributed by atoms with Gasteiger partial charge in [0.15, 0.2) is 37.1 Å². The van der Waals surface area contributed by atoms with Gasteiger partial charge in [-0.1, -0.05) is 273 Å². The van der Waals surface area contributed by atoms with Crippen LogP contribution in [0.25, 0.3) is 0 Å². The predicted molar refractivity (Wildman–Crippen MR) is 460 cm³/mol. The first kappa shape index (κ1) is 90.9. The van der Waals surface area contributed by atoms with Crippen molar-refractivity contribution in [3.63, 3.8) is 0 Å². The maximum Gasteiger partial charge on any atom is 0.303 e. The van der Waals surface area contributed by atoms with Crippen LogP contribution in [0.1, 0.15) is 105 Å². The van der Waals surface area contributed by atoms with Crippen LogP contribution in [0.5, 0.6) is 0 Å². The van der Waals surface area contributed by atoms with Crippen molar-refractivity contribution in [1.82, 2.24) is 5.32 Å². The number of ether oxygens (including phenoxy) is 21. The second kappa shape index (κ2) is 44.7. The fraction of sp³-hybridized carbons (Fsp3) is 0.446. The van der Waals surface area contributed by atoms with E-state index >= 15 is 0 Å². The average molecular weight is 1710 g/mol. The molecule has 1 amide bonds. The summed E-state index contributed by atoms with van der Waals surface area (Å²) in [6.07, 6.45) is -26.2. The van der Waals surface area contributed by atoms with E-state index in [1.54, 1.807) is 13.8 Å². The van der Waals surface area contributed by atoms with Crippen LogP contribution >= 0.6 is 0 Å². The van der Waals surface area contributed by atoms with Gasteiger partial charge >= 0.3 is 5.97 Å². The standard InChI is InChI=1S/C101H117NO23/c1-65-83(106-55-72-38-20-10-21-39-72)90(110-59-76-46-28-14-29-47-76)86(68(4)115-65)121-100-96(124-97-82(102-69(5)103)89(88-81(119-97)64-114-101(7,8)125-88)122-99-95(118-70(6)104)91(111-60-77-48-30-15-31-49-77)84(66(2)116-99)107-56-73-40-22-11-23-41-73)93(85(67(3)117-100)108-57-74-42-24-12-25-43-74)123-98-94(113-62-79-52-34-17-35-53-79)92(112-61-78-50-32-16-33-51-78)87(109-58-75-44-26-13-27-45-75)80(120-98)63-105-54-71-36-18-9-19-37-71/h9-53,65-68,80-100H,54-64H2,1-8H3,(H,102,103)/t65?,66?,67?,68-,80-,81?,82?,83-,84+,85-,86?,87+,88+,89+,90+,91+,92?,93-,94?,95?,96?,97-,98+,99-,100-/m0/s1. The van der Waals surface area contributed by atoms with Crippen molar-refractivity contribution in [2.24, 2.45) is 0 Å². The molecule has 664 valence electrons. The zero-order valence-corrected chi connectivity index (χ0v) is 72.1. The molecule has 15 rings (SSSR count). The number of amides is 1. The lowest BCUT2D eigenvalue weighted by molar-refractivity contribution is -0.420. The second-order valence-corrected chi connectivity index (χ2v) is 33.1. The predicted octanol–water partition coefficient (Wildman–Crippen LogP) is 14.8. The molecule has 6 heterocycles. The Morgan fingerprint density at radius 2 is 0.624 bits per heavy atom. The molecule has 24 nitrogen and oxygen atoms in total. The molecule has 0 saturated carbocycles. The number of esters is 1. The van der Waals surface area contributed by atoms with Crippen LogP contribution in [0.4, 0.5) is 0 Å². The van der Waals surface area contributed by atoms with Gasteiger partial charge in [0.1, 0.15) is 97.6 Å². The molecule has 25 atom stereocenters. The molecule has 6 aliphatic rings. The number of hydrogen-bond donors (Lipinski definition) is 1. The average Bonchev–Trinajstić information content (AvgIpc) is 0.748. The molecule has 10 unspecified atom stereocenters. The fourth-order valence-corrected chi connectivity index (χ4v) is 17.1. The molecular weight excluding hydrogens is 1600 g/mol. The highest BCUT2D eigenvalue weighted by Crippen LogP contribution is 2.44. The summed E-state index contributed by atoms with van der Waals surface area (Å²) < 4.78 is 152. The zero-order chi connectivity index (χ0) is 86.4. The smallest absolute Gasteiger partial charge is 0.303 e. The van der Waals surface area contributed by atoms with Gasteiger partial charge in [0.25, 0.3) is 0 Å². The highest BCUT2D eigenvalue weighted by atomic mass is 16.8. The topological polar surface area (TPSA) is 240 Å². The van der Waals surface area contributed by atoms with Crippen LogP contribution in [0.3, 0.4) is 0 Å². The monoisotopic (exact) mass is 1710 g/mol. The van der Waals surface area contributed by atoms with Crippen molar-refractivity contribution in [2.75, 3.05) is 13.2 Å². The summed E-state index contributed by atoms with van der Waals surface area (Å²) in [5.74, 6) is -2.44. The minimum atomic E-state index is -1.60. The van der Waals surface area contributed by atoms with Crippen molar-refractivity contribution in [1.29, 1.82) is 0 Å². The van der Waals surface area contributed by atoms with Crippen LogP contribution in [0.15, 0.2) is 273 Å². The van der Waals surface area contributed by atoms with Gasteiger partial charge in [0.2, 0.25) is 5.91 Å². The van der Waals surface area contributed by atoms with Crippen LogP contribution < -0.4 is 5.32 Å². The molecule has 0 aromatic heterocycles. The number of benzene rings is 9. The first-order chi connectivity index (χ1) is 61.0. The Balaban J connectivity index is 0.876. The summed E-state index contributed by atoms with van der Waals surface area (Å²) in [6.45, 7) is 15.0. The van der Waals surface area contributed by atoms with Gasteiger partial charge in [-0.05, 0) is 91.6 Å². The summed E-state index contributed by atoms with van der Waals surface area (Å²) in [5.41, 5.74) is 7.98. The summed E-state index contributed by atoms with van der Waals surface area (Å²) >= 11 is 0. The maximum atomic E-state index is 14.7. The van der Waals surface area contributed by atoms with E-state index in [2.05, 4.69) is 5.32 Å². The lowest BCUT2D eigenvalue weighted by Gasteiger charge is -2.55. The normalized spacial score (nSPS) is 30.9. The van der Waals surface area contributed by atoms with E-state index in [0.29, 0.717) is 0 Å². The van der Waals surface area contributed by atoms with E-state index in [4.69, 9.17) is 99.5 Å². The number of carbonyl (C=O) groups is 2. The van der Waals surface area contributed by atoms with Crippen molar-refractivity contribution >= 4 is 11.9 Å². The van der Waals surface area contributed by atoms with Gasteiger partial charge in [-0.25, -0.2) is 0 Å². The van der Waals surface area contributed by atoms with Crippen molar-refractivity contribution in [3.8, 4) is 0 Å². The van der Waals surface area contributed by atoms with Crippen molar-refractivity contribution in [2.45, 2.75) is 274 Å². The zero-order valence-electron chi connectivity index (χ0n) is 72.1. The Morgan fingerprint density at radius 3 is 1.02 bits per heavy atom. The van der Waals surface area contributed by atoms with Gasteiger partial charge in [-0.2, -0.15) is 0 Å². The van der Waals surface area contributed by atoms with Crippen LogP contribution in [-0.4, -0.2) is 184 Å². The van der Waals surface area contributed by atoms with Crippen LogP contribution in [0.2, 0.25) is 0 Å². The Bertz CT molecular complexity index is 4660. The molecular formula is C101H117NO23. The van der Waals surface area contributed by atoms with E-state index in [9.17, 15) is 9.59 Å². The lowest BCUT2D eigenvalue weighted by Crippen LogP contribution is -2.72. The fourth-order valence-electron chi connectivity index (χ4n) is 17.1. The summed E-state index contributed by atoms with van der Waals surface area (Å²) in [4.78, 5) is 28.6. The SMILES string of the molecule is CC(=O)NC1[C@H](OC2[C@H](OC3[C@H](C)OC(C)[C@H](OCc4ccccc4)[C@H]3OCc3ccccc3)OC(C)[C@H](OCc3ccccc3)[C@@H]2O[C@H]2O[C@@H](COCc3ccccc3)[C@@H](OCc3ccccc3)C(OCc3ccccc3)C2OCc2ccccc2)OC2COC(C)(C)O[C@H]2[C@@H]1O[C@@H]1OC(C)[C@@H](OCc2ccccc2)[C@@H](OCc2ccccc2)C1OC(C)=O. The second-order valence-electron chi connectivity index (χ2n) is 33.1. The number of rotatable bonds is 38. The summed E-state index contributed by atoms with van der Waals surface area (Å²) in [7, 11) is 0.